The lowest BCUT2D eigenvalue weighted by molar-refractivity contribution is 0.304. The molecule has 0 aliphatic carbocycles. The molecule has 0 bridgehead atoms. The fraction of sp³-hybridized carbons (Fsp3) is 0.778. The van der Waals surface area contributed by atoms with E-state index in [1.54, 1.807) is 0 Å². The molecule has 0 spiro atoms. The van der Waals surface area contributed by atoms with E-state index in [9.17, 15) is 0 Å². The zero-order valence-electron chi connectivity index (χ0n) is 19.2. The Hall–Kier alpha value is -0.980. The van der Waals surface area contributed by atoms with E-state index in [1.165, 1.54) is 121 Å². The highest BCUT2D eigenvalue weighted by Crippen LogP contribution is 2.15. The molecule has 0 aromatic heterocycles. The van der Waals surface area contributed by atoms with Crippen molar-refractivity contribution < 1.29 is 4.74 Å². The molecule has 0 aliphatic heterocycles. The Bertz CT molecular complexity index is 440. The lowest BCUT2D eigenvalue weighted by Crippen LogP contribution is -1.97. The SMILES string of the molecule is CCCCCCCCCCCCCCCCCCCCOc1cccc(C)c1. The summed E-state index contributed by atoms with van der Waals surface area (Å²) >= 11 is 0. The largest absolute Gasteiger partial charge is 0.494 e. The molecule has 0 saturated heterocycles. The van der Waals surface area contributed by atoms with Gasteiger partial charge in [-0.1, -0.05) is 128 Å². The van der Waals surface area contributed by atoms with Crippen LogP contribution in [0.1, 0.15) is 128 Å². The van der Waals surface area contributed by atoms with Crippen molar-refractivity contribution in [3.05, 3.63) is 29.8 Å². The number of unbranched alkanes of at least 4 members (excludes halogenated alkanes) is 17. The lowest BCUT2D eigenvalue weighted by atomic mass is 10.0. The third kappa shape index (κ3) is 16.0. The first-order valence-corrected chi connectivity index (χ1v) is 12.5. The number of hydrogen-bond acceptors (Lipinski definition) is 1. The van der Waals surface area contributed by atoms with E-state index in [2.05, 4.69) is 38.1 Å². The van der Waals surface area contributed by atoms with Gasteiger partial charge >= 0.3 is 0 Å². The minimum absolute atomic E-state index is 0.863. The van der Waals surface area contributed by atoms with Gasteiger partial charge in [0, 0.05) is 0 Å². The van der Waals surface area contributed by atoms with E-state index in [4.69, 9.17) is 4.74 Å². The van der Waals surface area contributed by atoms with Gasteiger partial charge in [-0.15, -0.1) is 0 Å². The molecule has 0 fully saturated rings. The van der Waals surface area contributed by atoms with Gasteiger partial charge in [0.1, 0.15) is 5.75 Å². The van der Waals surface area contributed by atoms with Gasteiger partial charge in [0.05, 0.1) is 6.61 Å². The minimum Gasteiger partial charge on any atom is -0.494 e. The minimum atomic E-state index is 0.863. The van der Waals surface area contributed by atoms with Crippen molar-refractivity contribution in [2.75, 3.05) is 6.61 Å². The second kappa shape index (κ2) is 19.3. The van der Waals surface area contributed by atoms with Gasteiger partial charge in [-0.2, -0.15) is 0 Å². The fourth-order valence-electron chi connectivity index (χ4n) is 3.90. The molecule has 0 unspecified atom stereocenters. The number of aryl methyl sites for hydroxylation is 1. The van der Waals surface area contributed by atoms with Crippen LogP contribution in [0.3, 0.4) is 0 Å². The average molecular weight is 389 g/mol. The van der Waals surface area contributed by atoms with Crippen molar-refractivity contribution in [1.29, 1.82) is 0 Å². The molecule has 162 valence electrons. The van der Waals surface area contributed by atoms with Crippen LogP contribution in [0.4, 0.5) is 0 Å². The van der Waals surface area contributed by atoms with Crippen molar-refractivity contribution in [2.45, 2.75) is 129 Å². The molecule has 0 heterocycles. The fourth-order valence-corrected chi connectivity index (χ4v) is 3.90. The summed E-state index contributed by atoms with van der Waals surface area (Å²) in [4.78, 5) is 0. The Kier molecular flexibility index (Phi) is 17.3. The molecule has 1 aromatic carbocycles. The first-order valence-electron chi connectivity index (χ1n) is 12.5. The second-order valence-electron chi connectivity index (χ2n) is 8.68. The summed E-state index contributed by atoms with van der Waals surface area (Å²) in [6.07, 6.45) is 25.6. The van der Waals surface area contributed by atoms with Gasteiger partial charge in [-0.25, -0.2) is 0 Å². The Morgan fingerprint density at radius 2 is 1.00 bits per heavy atom. The van der Waals surface area contributed by atoms with Crippen molar-refractivity contribution in [2.24, 2.45) is 0 Å². The Morgan fingerprint density at radius 3 is 1.43 bits per heavy atom. The van der Waals surface area contributed by atoms with E-state index in [0.29, 0.717) is 0 Å². The summed E-state index contributed by atoms with van der Waals surface area (Å²) in [6, 6.07) is 8.36. The zero-order valence-corrected chi connectivity index (χ0v) is 19.2. The summed E-state index contributed by atoms with van der Waals surface area (Å²) in [5.41, 5.74) is 1.27. The molecule has 0 saturated carbocycles. The Morgan fingerprint density at radius 1 is 0.571 bits per heavy atom. The third-order valence-corrected chi connectivity index (χ3v) is 5.76. The maximum atomic E-state index is 5.82. The number of rotatable bonds is 20. The van der Waals surface area contributed by atoms with Crippen LogP contribution in [0.2, 0.25) is 0 Å². The maximum absolute atomic E-state index is 5.82. The smallest absolute Gasteiger partial charge is 0.119 e. The van der Waals surface area contributed by atoms with Crippen LogP contribution >= 0.6 is 0 Å². The summed E-state index contributed by atoms with van der Waals surface area (Å²) in [5.74, 6) is 1.02. The van der Waals surface area contributed by atoms with Crippen molar-refractivity contribution in [3.63, 3.8) is 0 Å². The molecule has 1 heteroatoms. The van der Waals surface area contributed by atoms with Gasteiger partial charge in [0.25, 0.3) is 0 Å². The Labute approximate surface area is 176 Å². The highest BCUT2D eigenvalue weighted by atomic mass is 16.5. The van der Waals surface area contributed by atoms with Crippen LogP contribution in [-0.4, -0.2) is 6.61 Å². The van der Waals surface area contributed by atoms with E-state index in [-0.39, 0.29) is 0 Å². The van der Waals surface area contributed by atoms with Crippen LogP contribution in [0.15, 0.2) is 24.3 Å². The van der Waals surface area contributed by atoms with Gasteiger partial charge in [0.2, 0.25) is 0 Å². The van der Waals surface area contributed by atoms with Crippen LogP contribution in [0.25, 0.3) is 0 Å². The maximum Gasteiger partial charge on any atom is 0.119 e. The van der Waals surface area contributed by atoms with Gasteiger partial charge in [-0.05, 0) is 31.0 Å². The van der Waals surface area contributed by atoms with E-state index < -0.39 is 0 Å². The summed E-state index contributed by atoms with van der Waals surface area (Å²) in [7, 11) is 0. The predicted octanol–water partition coefficient (Wildman–Crippen LogP) is 9.42. The molecule has 0 amide bonds. The van der Waals surface area contributed by atoms with Gasteiger partial charge in [-0.3, -0.25) is 0 Å². The molecule has 1 aromatic rings. The average Bonchev–Trinajstić information content (AvgIpc) is 2.70. The second-order valence-corrected chi connectivity index (χ2v) is 8.68. The monoisotopic (exact) mass is 388 g/mol. The molecule has 1 nitrogen and oxygen atoms in total. The van der Waals surface area contributed by atoms with Gasteiger partial charge in [0.15, 0.2) is 0 Å². The molecule has 0 radical (unpaired) electrons. The first kappa shape index (κ1) is 25.1. The molecule has 0 N–H and O–H groups in total. The molecular weight excluding hydrogens is 340 g/mol. The number of hydrogen-bond donors (Lipinski definition) is 0. The standard InChI is InChI=1S/C27H48O/c1-3-4-5-6-7-8-9-10-11-12-13-14-15-16-17-18-19-20-24-28-27-23-21-22-26(2)25-27/h21-23,25H,3-20,24H2,1-2H3. The highest BCUT2D eigenvalue weighted by molar-refractivity contribution is 5.27. The highest BCUT2D eigenvalue weighted by Gasteiger charge is 1.96. The van der Waals surface area contributed by atoms with Crippen LogP contribution < -0.4 is 4.74 Å². The predicted molar refractivity (Wildman–Crippen MR) is 125 cm³/mol. The van der Waals surface area contributed by atoms with Gasteiger partial charge < -0.3 is 4.74 Å². The van der Waals surface area contributed by atoms with Crippen molar-refractivity contribution in [3.8, 4) is 5.75 Å². The third-order valence-electron chi connectivity index (χ3n) is 5.76. The molecular formula is C27H48O. The van der Waals surface area contributed by atoms with E-state index in [0.717, 1.165) is 12.4 Å². The summed E-state index contributed by atoms with van der Waals surface area (Å²) < 4.78 is 5.82. The van der Waals surface area contributed by atoms with Crippen molar-refractivity contribution in [1.82, 2.24) is 0 Å². The molecule has 0 atom stereocenters. The van der Waals surface area contributed by atoms with Crippen molar-refractivity contribution >= 4 is 0 Å². The summed E-state index contributed by atoms with van der Waals surface area (Å²) in [5, 5.41) is 0. The number of ether oxygens (including phenoxy) is 1. The topological polar surface area (TPSA) is 9.23 Å². The van der Waals surface area contributed by atoms with E-state index in [1.807, 2.05) is 0 Å². The van der Waals surface area contributed by atoms with Crippen LogP contribution in [-0.2, 0) is 0 Å². The molecule has 28 heavy (non-hydrogen) atoms. The first-order chi connectivity index (χ1) is 13.8. The lowest BCUT2D eigenvalue weighted by Gasteiger charge is -2.07. The van der Waals surface area contributed by atoms with E-state index >= 15 is 0 Å². The molecule has 0 aliphatic rings. The quantitative estimate of drug-likeness (QED) is 0.202. The summed E-state index contributed by atoms with van der Waals surface area (Å²) in [6.45, 7) is 5.27. The number of benzene rings is 1. The van der Waals surface area contributed by atoms with Crippen LogP contribution in [0, 0.1) is 6.92 Å². The Balaban J connectivity index is 1.71. The molecule has 1 rings (SSSR count). The van der Waals surface area contributed by atoms with Crippen LogP contribution in [0.5, 0.6) is 5.75 Å². The zero-order chi connectivity index (χ0) is 20.1. The normalized spacial score (nSPS) is 11.1.